The van der Waals surface area contributed by atoms with Crippen molar-refractivity contribution in [2.45, 2.75) is 31.0 Å². The summed E-state index contributed by atoms with van der Waals surface area (Å²) in [6.07, 6.45) is -2.82. The fourth-order valence-electron chi connectivity index (χ4n) is 2.18. The van der Waals surface area contributed by atoms with Gasteiger partial charge in [-0.3, -0.25) is 4.57 Å². The lowest BCUT2D eigenvalue weighted by molar-refractivity contribution is -0.0983. The van der Waals surface area contributed by atoms with E-state index in [1.165, 1.54) is 19.2 Å². The molecule has 0 saturated carbocycles. The normalized spacial score (nSPS) is 33.0. The standard InChI is InChI=1S/C11H18N3O7P/c1-11(18)8(16)6(4-20-22(19)5-15)21-9(11)14-3-2-7(12)13-10(14)17/h2-3,6,8-9,15-16,18-19H,4-5H2,1H3,(H2,12,13,17)/t6-,8?,9-,11-,22?/m1/s1. The molecule has 5 atom stereocenters. The van der Waals surface area contributed by atoms with Crippen LogP contribution in [-0.2, 0) is 9.26 Å². The van der Waals surface area contributed by atoms with Gasteiger partial charge in [-0.1, -0.05) is 0 Å². The second-order valence-electron chi connectivity index (χ2n) is 5.03. The third-order valence-electron chi connectivity index (χ3n) is 3.37. The highest BCUT2D eigenvalue weighted by molar-refractivity contribution is 7.45. The van der Waals surface area contributed by atoms with E-state index in [-0.39, 0.29) is 12.4 Å². The number of aliphatic hydroxyl groups excluding tert-OH is 2. The van der Waals surface area contributed by atoms with Crippen molar-refractivity contribution in [3.8, 4) is 0 Å². The number of hydrogen-bond acceptors (Lipinski definition) is 9. The minimum Gasteiger partial charge on any atom is -0.387 e. The van der Waals surface area contributed by atoms with Crippen LogP contribution in [0.3, 0.4) is 0 Å². The van der Waals surface area contributed by atoms with Gasteiger partial charge in [-0.05, 0) is 13.0 Å². The number of hydrogen-bond donors (Lipinski definition) is 5. The predicted octanol–water partition coefficient (Wildman–Crippen LogP) is -1.89. The predicted molar refractivity (Wildman–Crippen MR) is 75.6 cm³/mol. The zero-order valence-corrected chi connectivity index (χ0v) is 12.6. The lowest BCUT2D eigenvalue weighted by Crippen LogP contribution is -2.46. The van der Waals surface area contributed by atoms with E-state index in [4.69, 9.17) is 20.1 Å². The maximum absolute atomic E-state index is 11.8. The van der Waals surface area contributed by atoms with Gasteiger partial charge in [-0.25, -0.2) is 4.79 Å². The summed E-state index contributed by atoms with van der Waals surface area (Å²) in [4.78, 5) is 24.6. The SMILES string of the molecule is C[C@@]1(O)C(O)[C@@H](COP(O)CO)O[C@H]1n1ccc(N)nc1=O. The van der Waals surface area contributed by atoms with Crippen molar-refractivity contribution >= 4 is 14.2 Å². The van der Waals surface area contributed by atoms with E-state index in [1.54, 1.807) is 0 Å². The van der Waals surface area contributed by atoms with Crippen molar-refractivity contribution in [2.24, 2.45) is 0 Å². The Morgan fingerprint density at radius 3 is 2.91 bits per heavy atom. The van der Waals surface area contributed by atoms with E-state index in [0.29, 0.717) is 0 Å². The average Bonchev–Trinajstić information content (AvgIpc) is 2.68. The van der Waals surface area contributed by atoms with E-state index in [2.05, 4.69) is 4.98 Å². The highest BCUT2D eigenvalue weighted by atomic mass is 31.2. The van der Waals surface area contributed by atoms with Crippen molar-refractivity contribution in [2.75, 3.05) is 18.7 Å². The molecule has 2 heterocycles. The molecule has 0 bridgehead atoms. The molecule has 1 aliphatic rings. The van der Waals surface area contributed by atoms with Crippen LogP contribution in [0.15, 0.2) is 17.1 Å². The maximum Gasteiger partial charge on any atom is 0.351 e. The number of anilines is 1. The van der Waals surface area contributed by atoms with E-state index < -0.39 is 44.5 Å². The lowest BCUT2D eigenvalue weighted by atomic mass is 9.96. The van der Waals surface area contributed by atoms with Gasteiger partial charge in [0.05, 0.1) is 6.61 Å². The van der Waals surface area contributed by atoms with Crippen molar-refractivity contribution in [1.82, 2.24) is 9.55 Å². The molecule has 0 radical (unpaired) electrons. The van der Waals surface area contributed by atoms with Gasteiger partial charge >= 0.3 is 5.69 Å². The Morgan fingerprint density at radius 2 is 2.32 bits per heavy atom. The van der Waals surface area contributed by atoms with Crippen molar-refractivity contribution in [1.29, 1.82) is 0 Å². The molecular formula is C11H18N3O7P. The molecule has 6 N–H and O–H groups in total. The van der Waals surface area contributed by atoms with Gasteiger partial charge in [0, 0.05) is 6.20 Å². The fourth-order valence-corrected chi connectivity index (χ4v) is 2.58. The molecule has 1 aromatic rings. The third-order valence-corrected chi connectivity index (χ3v) is 4.06. The van der Waals surface area contributed by atoms with Crippen LogP contribution in [0.4, 0.5) is 5.82 Å². The number of aromatic nitrogens is 2. The maximum atomic E-state index is 11.8. The summed E-state index contributed by atoms with van der Waals surface area (Å²) < 4.78 is 11.4. The first-order valence-corrected chi connectivity index (χ1v) is 7.78. The summed E-state index contributed by atoms with van der Waals surface area (Å²) in [5, 5.41) is 29.2. The quantitative estimate of drug-likeness (QED) is 0.387. The number of aliphatic hydroxyl groups is 3. The first-order chi connectivity index (χ1) is 10.3. The van der Waals surface area contributed by atoms with Crippen LogP contribution in [-0.4, -0.2) is 60.5 Å². The molecule has 11 heteroatoms. The van der Waals surface area contributed by atoms with E-state index in [9.17, 15) is 19.9 Å². The minimum absolute atomic E-state index is 0.0215. The molecule has 0 spiro atoms. The Morgan fingerprint density at radius 1 is 1.64 bits per heavy atom. The molecule has 1 aliphatic heterocycles. The molecule has 0 aliphatic carbocycles. The molecule has 10 nitrogen and oxygen atoms in total. The monoisotopic (exact) mass is 335 g/mol. The van der Waals surface area contributed by atoms with Crippen LogP contribution in [0, 0.1) is 0 Å². The summed E-state index contributed by atoms with van der Waals surface area (Å²) in [5.74, 6) is 0.0215. The van der Waals surface area contributed by atoms with Crippen LogP contribution >= 0.6 is 8.38 Å². The summed E-state index contributed by atoms with van der Waals surface area (Å²) in [6.45, 7) is 1.05. The van der Waals surface area contributed by atoms with Crippen molar-refractivity contribution < 1.29 is 29.5 Å². The number of ether oxygens (including phenoxy) is 1. The lowest BCUT2D eigenvalue weighted by Gasteiger charge is -2.27. The van der Waals surface area contributed by atoms with Gasteiger partial charge in [0.1, 0.15) is 30.0 Å². The van der Waals surface area contributed by atoms with Crippen molar-refractivity contribution in [3.05, 3.63) is 22.7 Å². The van der Waals surface area contributed by atoms with Crippen LogP contribution in [0.2, 0.25) is 0 Å². The van der Waals surface area contributed by atoms with Gasteiger partial charge in [0.15, 0.2) is 14.6 Å². The smallest absolute Gasteiger partial charge is 0.351 e. The Labute approximate surface area is 126 Å². The van der Waals surface area contributed by atoms with Crippen LogP contribution in [0.1, 0.15) is 13.2 Å². The van der Waals surface area contributed by atoms with Gasteiger partial charge in [0.2, 0.25) is 0 Å². The van der Waals surface area contributed by atoms with E-state index in [1.807, 2.05) is 0 Å². The zero-order valence-electron chi connectivity index (χ0n) is 11.7. The highest BCUT2D eigenvalue weighted by Crippen LogP contribution is 2.39. The molecule has 1 aromatic heterocycles. The molecule has 1 saturated heterocycles. The molecule has 22 heavy (non-hydrogen) atoms. The molecule has 1 fully saturated rings. The second kappa shape index (κ2) is 6.55. The topological polar surface area (TPSA) is 160 Å². The Balaban J connectivity index is 2.20. The number of nitrogens with zero attached hydrogens (tertiary/aromatic N) is 2. The van der Waals surface area contributed by atoms with Crippen LogP contribution in [0.25, 0.3) is 0 Å². The second-order valence-corrected chi connectivity index (χ2v) is 6.27. The van der Waals surface area contributed by atoms with E-state index >= 15 is 0 Å². The fraction of sp³-hybridized carbons (Fsp3) is 0.636. The van der Waals surface area contributed by atoms with Crippen molar-refractivity contribution in [3.63, 3.8) is 0 Å². The summed E-state index contributed by atoms with van der Waals surface area (Å²) in [5.41, 5.74) is 2.88. The number of nitrogen functional groups attached to an aromatic ring is 1. The van der Waals surface area contributed by atoms with Gasteiger partial charge in [-0.15, -0.1) is 0 Å². The summed E-state index contributed by atoms with van der Waals surface area (Å²) >= 11 is 0. The first kappa shape index (κ1) is 17.2. The van der Waals surface area contributed by atoms with Gasteiger partial charge in [-0.2, -0.15) is 4.98 Å². The Kier molecular flexibility index (Phi) is 5.13. The number of nitrogens with two attached hydrogens (primary N) is 1. The summed E-state index contributed by atoms with van der Waals surface area (Å²) in [6, 6.07) is 1.36. The molecule has 2 rings (SSSR count). The highest BCUT2D eigenvalue weighted by Gasteiger charge is 2.53. The molecule has 124 valence electrons. The zero-order chi connectivity index (χ0) is 16.5. The molecule has 0 aromatic carbocycles. The number of rotatable bonds is 5. The molecule has 2 unspecified atom stereocenters. The van der Waals surface area contributed by atoms with Crippen LogP contribution in [0.5, 0.6) is 0 Å². The van der Waals surface area contributed by atoms with E-state index in [0.717, 1.165) is 4.57 Å². The van der Waals surface area contributed by atoms with Crippen LogP contribution < -0.4 is 11.4 Å². The first-order valence-electron chi connectivity index (χ1n) is 6.38. The average molecular weight is 335 g/mol. The summed E-state index contributed by atoms with van der Waals surface area (Å²) in [7, 11) is -2.04. The molecular weight excluding hydrogens is 317 g/mol. The largest absolute Gasteiger partial charge is 0.387 e. The van der Waals surface area contributed by atoms with Gasteiger partial charge < -0.3 is 35.2 Å². The Bertz CT molecular complexity index is 581. The van der Waals surface area contributed by atoms with Gasteiger partial charge in [0.25, 0.3) is 0 Å². The third kappa shape index (κ3) is 3.28. The molecule has 0 amide bonds. The Hall–Kier alpha value is -1.13. The minimum atomic E-state index is -2.04.